The molecule has 0 aliphatic carbocycles. The molecule has 1 amide bonds. The number of pyridine rings is 1. The molecule has 44 heavy (non-hydrogen) atoms. The van der Waals surface area contributed by atoms with E-state index < -0.39 is 20.0 Å². The summed E-state index contributed by atoms with van der Waals surface area (Å²) in [6.07, 6.45) is 2.77. The molecule has 2 aromatic carbocycles. The Bertz CT molecular complexity index is 1830. The highest BCUT2D eigenvalue weighted by Crippen LogP contribution is 2.42. The minimum Gasteiger partial charge on any atom is -0.465 e. The molecule has 2 fully saturated rings. The number of carbonyl (C=O) groups is 1. The number of likely N-dealkylation sites (tertiary alicyclic amines) is 1. The second kappa shape index (κ2) is 11.3. The molecule has 2 aromatic heterocycles. The summed E-state index contributed by atoms with van der Waals surface area (Å²) in [4.78, 5) is 28.6. The molecule has 0 unspecified atom stereocenters. The summed E-state index contributed by atoms with van der Waals surface area (Å²) in [5, 5.41) is 12.2. The monoisotopic (exact) mass is 629 g/mol. The van der Waals surface area contributed by atoms with E-state index in [9.17, 15) is 9.90 Å². The second-order valence-electron chi connectivity index (χ2n) is 12.9. The topological polar surface area (TPSA) is 82.5 Å². The molecule has 2 aliphatic heterocycles. The van der Waals surface area contributed by atoms with Crippen molar-refractivity contribution in [1.29, 1.82) is 0 Å². The van der Waals surface area contributed by atoms with Crippen LogP contribution in [0.3, 0.4) is 0 Å². The normalized spacial score (nSPS) is 18.2. The Morgan fingerprint density at radius 3 is 2.48 bits per heavy atom. The van der Waals surface area contributed by atoms with Crippen molar-refractivity contribution in [1.82, 2.24) is 19.9 Å². The van der Waals surface area contributed by atoms with Gasteiger partial charge in [-0.2, -0.15) is 0 Å². The van der Waals surface area contributed by atoms with E-state index in [4.69, 9.17) is 11.6 Å². The maximum atomic E-state index is 16.5. The highest BCUT2D eigenvalue weighted by molar-refractivity contribution is 6.90. The fourth-order valence-corrected chi connectivity index (χ4v) is 13.2. The van der Waals surface area contributed by atoms with Crippen LogP contribution < -0.4 is 4.90 Å². The molecule has 4 aromatic rings. The predicted molar refractivity (Wildman–Crippen MR) is 177 cm³/mol. The Morgan fingerprint density at radius 2 is 1.80 bits per heavy atom. The van der Waals surface area contributed by atoms with Gasteiger partial charge in [-0.3, -0.25) is 4.98 Å². The molecule has 2 atom stereocenters. The smallest absolute Gasteiger partial charge is 0.407 e. The van der Waals surface area contributed by atoms with Crippen LogP contribution in [0.5, 0.6) is 0 Å². The van der Waals surface area contributed by atoms with E-state index >= 15 is 4.39 Å². The lowest BCUT2D eigenvalue weighted by Crippen LogP contribution is -2.63. The van der Waals surface area contributed by atoms with Gasteiger partial charge in [0.05, 0.1) is 17.5 Å². The Kier molecular flexibility index (Phi) is 7.79. The zero-order valence-corrected chi connectivity index (χ0v) is 27.7. The van der Waals surface area contributed by atoms with Crippen LogP contribution in [-0.2, 0) is 0 Å². The van der Waals surface area contributed by atoms with Crippen molar-refractivity contribution in [2.45, 2.75) is 76.7 Å². The molecule has 1 N–H and O–H groups in total. The van der Waals surface area contributed by atoms with Crippen LogP contribution in [-0.4, -0.2) is 64.3 Å². The van der Waals surface area contributed by atoms with Crippen LogP contribution in [0.4, 0.5) is 15.0 Å². The first-order valence-corrected chi connectivity index (χ1v) is 17.9. The van der Waals surface area contributed by atoms with Gasteiger partial charge in [0, 0.05) is 40.8 Å². The van der Waals surface area contributed by atoms with Crippen LogP contribution in [0.2, 0.25) is 21.6 Å². The summed E-state index contributed by atoms with van der Waals surface area (Å²) in [5.74, 6) is 3.59. The minimum absolute atomic E-state index is 0.00290. The van der Waals surface area contributed by atoms with Crippen molar-refractivity contribution >= 4 is 53.3 Å². The van der Waals surface area contributed by atoms with Gasteiger partial charge in [-0.15, -0.1) is 5.54 Å². The van der Waals surface area contributed by atoms with Crippen molar-refractivity contribution < 1.29 is 14.3 Å². The molecule has 228 valence electrons. The van der Waals surface area contributed by atoms with E-state index in [1.54, 1.807) is 12.3 Å². The third-order valence-corrected chi connectivity index (χ3v) is 16.4. The van der Waals surface area contributed by atoms with Gasteiger partial charge < -0.3 is 14.9 Å². The lowest BCUT2D eigenvalue weighted by molar-refractivity contribution is 0.129. The van der Waals surface area contributed by atoms with Gasteiger partial charge in [0.25, 0.3) is 0 Å². The van der Waals surface area contributed by atoms with Gasteiger partial charge in [-0.1, -0.05) is 71.2 Å². The summed E-state index contributed by atoms with van der Waals surface area (Å²) < 4.78 is 16.5. The molecule has 0 saturated carbocycles. The number of anilines is 1. The molecule has 0 radical (unpaired) electrons. The van der Waals surface area contributed by atoms with Gasteiger partial charge >= 0.3 is 6.09 Å². The van der Waals surface area contributed by atoms with Gasteiger partial charge in [0.15, 0.2) is 5.82 Å². The Hall–Kier alpha value is -3.74. The molecule has 6 rings (SSSR count). The SMILES string of the molecule is CC(C)[Si](C#Cc1cccc2cc(Cl)cc(-c3ncc4c(N5C[C@@H]6[C@H]5CCN6C(=O)O)ncnc4c3F)c12)(C(C)C)C(C)C. The van der Waals surface area contributed by atoms with E-state index in [-0.39, 0.29) is 23.3 Å². The van der Waals surface area contributed by atoms with E-state index in [0.717, 1.165) is 16.3 Å². The standard InChI is InChI=1S/C34H37ClFN5O2Si/c1-19(2)44(20(3)4,21(5)6)13-11-22-8-7-9-23-14-24(35)15-25(29(22)23)31-30(36)32-26(16-37-31)33(39-18-38-32)41-17-28-27(41)10-12-40(28)34(42)43/h7-9,14-16,18-21,27-28H,10,12,17H2,1-6H3,(H,42,43)/t27-,28-/m1/s1. The molecule has 7 nitrogen and oxygen atoms in total. The first-order valence-electron chi connectivity index (χ1n) is 15.3. The molecule has 10 heteroatoms. The lowest BCUT2D eigenvalue weighted by atomic mass is 9.95. The number of rotatable bonds is 5. The van der Waals surface area contributed by atoms with E-state index in [1.165, 1.54) is 11.2 Å². The van der Waals surface area contributed by atoms with Crippen molar-refractivity contribution in [2.24, 2.45) is 0 Å². The molecule has 0 spiro atoms. The molecule has 2 aliphatic rings. The summed E-state index contributed by atoms with van der Waals surface area (Å²) in [6, 6.07) is 9.48. The minimum atomic E-state index is -2.02. The van der Waals surface area contributed by atoms with E-state index in [1.807, 2.05) is 29.2 Å². The first kappa shape index (κ1) is 30.3. The Morgan fingerprint density at radius 1 is 1.07 bits per heavy atom. The number of aromatic nitrogens is 3. The highest BCUT2D eigenvalue weighted by atomic mass is 35.5. The van der Waals surface area contributed by atoms with Crippen LogP contribution >= 0.6 is 11.6 Å². The summed E-state index contributed by atoms with van der Waals surface area (Å²) in [7, 11) is -2.02. The van der Waals surface area contributed by atoms with Gasteiger partial charge in [-0.05, 0) is 46.6 Å². The second-order valence-corrected chi connectivity index (χ2v) is 19.0. The number of nitrogens with zero attached hydrogens (tertiary/aromatic N) is 5. The average Bonchev–Trinajstić information content (AvgIpc) is 3.29. The summed E-state index contributed by atoms with van der Waals surface area (Å²) in [6.45, 7) is 14.7. The number of benzene rings is 2. The number of hydrogen-bond donors (Lipinski definition) is 1. The molecule has 0 bridgehead atoms. The van der Waals surface area contributed by atoms with E-state index in [2.05, 4.69) is 68.0 Å². The maximum Gasteiger partial charge on any atom is 0.407 e. The van der Waals surface area contributed by atoms with Gasteiger partial charge in [0.1, 0.15) is 31.4 Å². The van der Waals surface area contributed by atoms with Crippen molar-refractivity contribution in [2.75, 3.05) is 18.0 Å². The van der Waals surface area contributed by atoms with Gasteiger partial charge in [0.2, 0.25) is 0 Å². The number of fused-ring (bicyclic) bond motifs is 3. The molecule has 2 saturated heterocycles. The van der Waals surface area contributed by atoms with Crippen LogP contribution in [0.1, 0.15) is 53.5 Å². The Balaban J connectivity index is 1.48. The fourth-order valence-electron chi connectivity index (χ4n) is 7.79. The largest absolute Gasteiger partial charge is 0.465 e. The average molecular weight is 630 g/mol. The van der Waals surface area contributed by atoms with Crippen molar-refractivity contribution in [3.63, 3.8) is 0 Å². The third-order valence-electron chi connectivity index (χ3n) is 9.89. The third kappa shape index (κ3) is 4.70. The lowest BCUT2D eigenvalue weighted by Gasteiger charge is -2.47. The fraction of sp³-hybridized carbons (Fsp3) is 0.412. The van der Waals surface area contributed by atoms with Crippen molar-refractivity contribution in [3.05, 3.63) is 59.3 Å². The summed E-state index contributed by atoms with van der Waals surface area (Å²) >= 11 is 6.59. The van der Waals surface area contributed by atoms with Crippen LogP contribution in [0.15, 0.2) is 42.9 Å². The zero-order valence-electron chi connectivity index (χ0n) is 25.9. The molecular formula is C34H37ClFN5O2Si. The quantitative estimate of drug-likeness (QED) is 0.177. The van der Waals surface area contributed by atoms with Gasteiger partial charge in [-0.25, -0.2) is 19.2 Å². The summed E-state index contributed by atoms with van der Waals surface area (Å²) in [5.41, 5.74) is 6.96. The number of amides is 1. The number of halogens is 2. The Labute approximate surface area is 263 Å². The predicted octanol–water partition coefficient (Wildman–Crippen LogP) is 8.15. The number of carboxylic acid groups (broad SMARTS) is 1. The van der Waals surface area contributed by atoms with Crippen molar-refractivity contribution in [3.8, 4) is 22.7 Å². The van der Waals surface area contributed by atoms with E-state index in [0.29, 0.717) is 57.9 Å². The highest BCUT2D eigenvalue weighted by Gasteiger charge is 2.50. The van der Waals surface area contributed by atoms with Crippen LogP contribution in [0.25, 0.3) is 32.9 Å². The first-order chi connectivity index (χ1) is 21.0. The maximum absolute atomic E-state index is 16.5. The zero-order chi connectivity index (χ0) is 31.5. The molecule has 4 heterocycles. The number of hydrogen-bond acceptors (Lipinski definition) is 5. The van der Waals surface area contributed by atoms with Crippen LogP contribution in [0, 0.1) is 17.3 Å². The molecular weight excluding hydrogens is 593 g/mol.